The second-order valence-corrected chi connectivity index (χ2v) is 9.40. The van der Waals surface area contributed by atoms with Crippen molar-refractivity contribution in [1.82, 2.24) is 0 Å². The van der Waals surface area contributed by atoms with E-state index in [1.54, 1.807) is 24.3 Å². The standard InChI is InChI=1S/C23H23ClN2O3S/c1-16-6-4-8-20(14-16)26(30(28,29)21-12-10-19(24)11-13-21)15-23(27)25-22-9-5-7-17(2)18(22)3/h4-14H,15H2,1-3H3,(H,25,27). The quantitative estimate of drug-likeness (QED) is 0.577. The molecule has 3 aromatic carbocycles. The first-order chi connectivity index (χ1) is 14.2. The molecule has 0 bridgehead atoms. The molecule has 156 valence electrons. The highest BCUT2D eigenvalue weighted by Crippen LogP contribution is 2.26. The van der Waals surface area contributed by atoms with Gasteiger partial charge in [-0.1, -0.05) is 35.9 Å². The predicted octanol–water partition coefficient (Wildman–Crippen LogP) is 5.10. The summed E-state index contributed by atoms with van der Waals surface area (Å²) in [5, 5.41) is 3.27. The zero-order valence-corrected chi connectivity index (χ0v) is 18.6. The second-order valence-electron chi connectivity index (χ2n) is 7.10. The zero-order valence-electron chi connectivity index (χ0n) is 17.0. The van der Waals surface area contributed by atoms with Crippen molar-refractivity contribution in [3.05, 3.63) is 88.4 Å². The smallest absolute Gasteiger partial charge is 0.264 e. The lowest BCUT2D eigenvalue weighted by Crippen LogP contribution is -2.38. The third kappa shape index (κ3) is 4.83. The zero-order chi connectivity index (χ0) is 21.9. The van der Waals surface area contributed by atoms with Crippen LogP contribution >= 0.6 is 11.6 Å². The number of carbonyl (C=O) groups excluding carboxylic acids is 1. The molecule has 0 atom stereocenters. The van der Waals surface area contributed by atoms with Crippen LogP contribution in [0.2, 0.25) is 5.02 Å². The number of hydrogen-bond acceptors (Lipinski definition) is 3. The Bertz CT molecular complexity index is 1180. The van der Waals surface area contributed by atoms with Gasteiger partial charge in [0.05, 0.1) is 10.6 Å². The molecular weight excluding hydrogens is 420 g/mol. The number of benzene rings is 3. The molecule has 1 amide bonds. The monoisotopic (exact) mass is 442 g/mol. The lowest BCUT2D eigenvalue weighted by atomic mass is 10.1. The topological polar surface area (TPSA) is 66.5 Å². The minimum atomic E-state index is -3.98. The van der Waals surface area contributed by atoms with E-state index >= 15 is 0 Å². The molecule has 0 saturated carbocycles. The molecular formula is C23H23ClN2O3S. The summed E-state index contributed by atoms with van der Waals surface area (Å²) >= 11 is 5.91. The molecule has 0 aromatic heterocycles. The van der Waals surface area contributed by atoms with Gasteiger partial charge in [-0.2, -0.15) is 0 Å². The number of halogens is 1. The predicted molar refractivity (Wildman–Crippen MR) is 122 cm³/mol. The van der Waals surface area contributed by atoms with Crippen LogP contribution in [0, 0.1) is 20.8 Å². The molecule has 3 rings (SSSR count). The fraction of sp³-hybridized carbons (Fsp3) is 0.174. The molecule has 30 heavy (non-hydrogen) atoms. The van der Waals surface area contributed by atoms with Crippen molar-refractivity contribution in [3.8, 4) is 0 Å². The molecule has 5 nitrogen and oxygen atoms in total. The first-order valence-electron chi connectivity index (χ1n) is 9.39. The minimum absolute atomic E-state index is 0.0629. The molecule has 0 aliphatic rings. The van der Waals surface area contributed by atoms with Crippen molar-refractivity contribution in [2.75, 3.05) is 16.2 Å². The lowest BCUT2D eigenvalue weighted by molar-refractivity contribution is -0.114. The normalized spacial score (nSPS) is 11.2. The van der Waals surface area contributed by atoms with E-state index in [9.17, 15) is 13.2 Å². The third-order valence-corrected chi connectivity index (χ3v) is 6.90. The Labute approximate surface area is 182 Å². The van der Waals surface area contributed by atoms with Crippen molar-refractivity contribution in [1.29, 1.82) is 0 Å². The lowest BCUT2D eigenvalue weighted by Gasteiger charge is -2.24. The molecule has 0 radical (unpaired) electrons. The van der Waals surface area contributed by atoms with E-state index in [4.69, 9.17) is 11.6 Å². The molecule has 0 aliphatic heterocycles. The molecule has 7 heteroatoms. The van der Waals surface area contributed by atoms with Crippen molar-refractivity contribution < 1.29 is 13.2 Å². The number of carbonyl (C=O) groups is 1. The largest absolute Gasteiger partial charge is 0.324 e. The first kappa shape index (κ1) is 21.9. The first-order valence-corrected chi connectivity index (χ1v) is 11.2. The Morgan fingerprint density at radius 3 is 2.30 bits per heavy atom. The molecule has 0 fully saturated rings. The maximum atomic E-state index is 13.4. The van der Waals surface area contributed by atoms with E-state index < -0.39 is 15.9 Å². The Hall–Kier alpha value is -2.83. The fourth-order valence-electron chi connectivity index (χ4n) is 3.04. The van der Waals surface area contributed by atoms with Gasteiger partial charge in [0.2, 0.25) is 5.91 Å². The van der Waals surface area contributed by atoms with E-state index in [1.807, 2.05) is 39.0 Å². The number of nitrogens with zero attached hydrogens (tertiary/aromatic N) is 1. The van der Waals surface area contributed by atoms with Gasteiger partial charge in [0.1, 0.15) is 6.54 Å². The summed E-state index contributed by atoms with van der Waals surface area (Å²) in [6.07, 6.45) is 0. The minimum Gasteiger partial charge on any atom is -0.324 e. The van der Waals surface area contributed by atoms with Gasteiger partial charge in [0.15, 0.2) is 0 Å². The van der Waals surface area contributed by atoms with Crippen LogP contribution in [0.4, 0.5) is 11.4 Å². The summed E-state index contributed by atoms with van der Waals surface area (Å²) in [4.78, 5) is 12.9. The van der Waals surface area contributed by atoms with Crippen LogP contribution in [-0.4, -0.2) is 20.9 Å². The number of hydrogen-bond donors (Lipinski definition) is 1. The summed E-state index contributed by atoms with van der Waals surface area (Å²) in [6.45, 7) is 5.37. The highest BCUT2D eigenvalue weighted by atomic mass is 35.5. The van der Waals surface area contributed by atoms with Crippen molar-refractivity contribution in [3.63, 3.8) is 0 Å². The molecule has 0 unspecified atom stereocenters. The molecule has 0 spiro atoms. The molecule has 1 N–H and O–H groups in total. The van der Waals surface area contributed by atoms with Crippen LogP contribution in [0.3, 0.4) is 0 Å². The van der Waals surface area contributed by atoms with E-state index in [2.05, 4.69) is 5.32 Å². The van der Waals surface area contributed by atoms with Crippen LogP contribution in [0.15, 0.2) is 71.6 Å². The van der Waals surface area contributed by atoms with Crippen LogP contribution in [0.25, 0.3) is 0 Å². The van der Waals surface area contributed by atoms with Gasteiger partial charge in [-0.15, -0.1) is 0 Å². The van der Waals surface area contributed by atoms with Gasteiger partial charge >= 0.3 is 0 Å². The van der Waals surface area contributed by atoms with Crippen molar-refractivity contribution in [2.45, 2.75) is 25.7 Å². The van der Waals surface area contributed by atoms with Gasteiger partial charge in [-0.25, -0.2) is 8.42 Å². The third-order valence-electron chi connectivity index (χ3n) is 4.86. The summed E-state index contributed by atoms with van der Waals surface area (Å²) in [7, 11) is -3.98. The van der Waals surface area contributed by atoms with Crippen LogP contribution < -0.4 is 9.62 Å². The van der Waals surface area contributed by atoms with E-state index in [0.717, 1.165) is 21.0 Å². The molecule has 0 saturated heterocycles. The molecule has 0 aliphatic carbocycles. The number of amides is 1. The Kier molecular flexibility index (Phi) is 6.48. The molecule has 3 aromatic rings. The fourth-order valence-corrected chi connectivity index (χ4v) is 4.58. The van der Waals surface area contributed by atoms with Crippen LogP contribution in [-0.2, 0) is 14.8 Å². The average Bonchev–Trinajstić information content (AvgIpc) is 2.70. The van der Waals surface area contributed by atoms with Gasteiger partial charge in [-0.05, 0) is 79.9 Å². The summed E-state index contributed by atoms with van der Waals surface area (Å²) in [5.41, 5.74) is 3.94. The van der Waals surface area contributed by atoms with Gasteiger partial charge in [-0.3, -0.25) is 9.10 Å². The van der Waals surface area contributed by atoms with E-state index in [1.165, 1.54) is 24.3 Å². The summed E-state index contributed by atoms with van der Waals surface area (Å²) in [5.74, 6) is -0.428. The number of anilines is 2. The Morgan fingerprint density at radius 1 is 0.967 bits per heavy atom. The van der Waals surface area contributed by atoms with Gasteiger partial charge in [0, 0.05) is 10.7 Å². The SMILES string of the molecule is Cc1cccc(N(CC(=O)Nc2cccc(C)c2C)S(=O)(=O)c2ccc(Cl)cc2)c1. The maximum Gasteiger partial charge on any atom is 0.264 e. The highest BCUT2D eigenvalue weighted by molar-refractivity contribution is 7.92. The number of nitrogens with one attached hydrogen (secondary N) is 1. The Balaban J connectivity index is 1.97. The second kappa shape index (κ2) is 8.90. The maximum absolute atomic E-state index is 13.4. The highest BCUT2D eigenvalue weighted by Gasteiger charge is 2.27. The van der Waals surface area contributed by atoms with E-state index in [0.29, 0.717) is 16.4 Å². The molecule has 0 heterocycles. The summed E-state index contributed by atoms with van der Waals surface area (Å²) in [6, 6.07) is 18.5. The number of rotatable bonds is 6. The average molecular weight is 443 g/mol. The van der Waals surface area contributed by atoms with Crippen molar-refractivity contribution in [2.24, 2.45) is 0 Å². The van der Waals surface area contributed by atoms with Crippen LogP contribution in [0.5, 0.6) is 0 Å². The van der Waals surface area contributed by atoms with Gasteiger partial charge < -0.3 is 5.32 Å². The van der Waals surface area contributed by atoms with E-state index in [-0.39, 0.29) is 11.4 Å². The van der Waals surface area contributed by atoms with Crippen LogP contribution in [0.1, 0.15) is 16.7 Å². The number of sulfonamides is 1. The Morgan fingerprint density at radius 2 is 1.63 bits per heavy atom. The van der Waals surface area contributed by atoms with Gasteiger partial charge in [0.25, 0.3) is 10.0 Å². The van der Waals surface area contributed by atoms with Crippen molar-refractivity contribution >= 4 is 38.9 Å². The number of aryl methyl sites for hydroxylation is 2. The summed E-state index contributed by atoms with van der Waals surface area (Å²) < 4.78 is 27.8.